The number of benzene rings is 1. The Morgan fingerprint density at radius 2 is 1.88 bits per heavy atom. The van der Waals surface area contributed by atoms with Crippen molar-refractivity contribution in [1.82, 2.24) is 24.6 Å². The highest BCUT2D eigenvalue weighted by atomic mass is 16.5. The van der Waals surface area contributed by atoms with Crippen molar-refractivity contribution in [1.29, 1.82) is 0 Å². The molecule has 0 amide bonds. The summed E-state index contributed by atoms with van der Waals surface area (Å²) in [4.78, 5) is 24.1. The van der Waals surface area contributed by atoms with Crippen LogP contribution in [0.2, 0.25) is 0 Å². The van der Waals surface area contributed by atoms with Gasteiger partial charge in [-0.3, -0.25) is 14.8 Å². The van der Waals surface area contributed by atoms with Gasteiger partial charge >= 0.3 is 5.97 Å². The summed E-state index contributed by atoms with van der Waals surface area (Å²) in [6.45, 7) is 0. The number of hydrogen-bond donors (Lipinski definition) is 2. The summed E-state index contributed by atoms with van der Waals surface area (Å²) in [5.41, 5.74) is 10.7. The standard InChI is InChI=1S/C24H17BN6O3/c25-21-22(26)31-23(30-24(21)34-17-6-3-14(4-7-17)10-20(32)33)18(13-29-31)15-5-8-19(28-12-15)16-2-1-9-27-11-16/h1-9,11-13H,10,26H2,(H,32,33). The summed E-state index contributed by atoms with van der Waals surface area (Å²) in [5, 5.41) is 13.2. The van der Waals surface area contributed by atoms with Gasteiger partial charge in [0.05, 0.1) is 18.3 Å². The number of carboxylic acids is 1. The molecular formula is C24H17BN6O3. The summed E-state index contributed by atoms with van der Waals surface area (Å²) >= 11 is 0. The summed E-state index contributed by atoms with van der Waals surface area (Å²) < 4.78 is 7.31. The first kappa shape index (κ1) is 21.1. The van der Waals surface area contributed by atoms with Crippen LogP contribution in [-0.2, 0) is 11.2 Å². The Labute approximate surface area is 195 Å². The first-order valence-corrected chi connectivity index (χ1v) is 10.3. The van der Waals surface area contributed by atoms with E-state index < -0.39 is 5.97 Å². The zero-order chi connectivity index (χ0) is 23.7. The minimum absolute atomic E-state index is 0.0770. The highest BCUT2D eigenvalue weighted by Gasteiger charge is 2.17. The number of aromatic nitrogens is 5. The van der Waals surface area contributed by atoms with Crippen LogP contribution in [-0.4, -0.2) is 43.5 Å². The van der Waals surface area contributed by atoms with Crippen LogP contribution >= 0.6 is 0 Å². The maximum atomic E-state index is 10.9. The lowest BCUT2D eigenvalue weighted by atomic mass is 9.98. The number of aliphatic carboxylic acids is 1. The van der Waals surface area contributed by atoms with Gasteiger partial charge in [0.15, 0.2) is 5.65 Å². The minimum atomic E-state index is -0.908. The average Bonchev–Trinajstić information content (AvgIpc) is 3.28. The number of ether oxygens (including phenoxy) is 1. The van der Waals surface area contributed by atoms with E-state index in [4.69, 9.17) is 23.4 Å². The maximum absolute atomic E-state index is 10.9. The van der Waals surface area contributed by atoms with Crippen LogP contribution in [0.15, 0.2) is 73.3 Å². The molecule has 5 aromatic rings. The van der Waals surface area contributed by atoms with Crippen LogP contribution < -0.4 is 15.9 Å². The van der Waals surface area contributed by atoms with Gasteiger partial charge in [-0.15, -0.1) is 0 Å². The molecule has 0 saturated heterocycles. The van der Waals surface area contributed by atoms with Gasteiger partial charge in [-0.2, -0.15) is 14.6 Å². The molecule has 0 spiro atoms. The summed E-state index contributed by atoms with van der Waals surface area (Å²) in [6, 6.07) is 14.2. The van der Waals surface area contributed by atoms with E-state index >= 15 is 0 Å². The Kier molecular flexibility index (Phi) is 5.39. The van der Waals surface area contributed by atoms with Gasteiger partial charge < -0.3 is 15.6 Å². The minimum Gasteiger partial charge on any atom is -0.481 e. The van der Waals surface area contributed by atoms with Crippen molar-refractivity contribution in [3.8, 4) is 34.0 Å². The van der Waals surface area contributed by atoms with E-state index in [-0.39, 0.29) is 23.6 Å². The number of anilines is 1. The zero-order valence-electron chi connectivity index (χ0n) is 17.8. The lowest BCUT2D eigenvalue weighted by Gasteiger charge is -2.12. The SMILES string of the molecule is [B]c1c(Oc2ccc(CC(=O)O)cc2)nc2c(-c3ccc(-c4cccnc4)nc3)cnn2c1N. The third kappa shape index (κ3) is 4.04. The van der Waals surface area contributed by atoms with Crippen molar-refractivity contribution < 1.29 is 14.6 Å². The summed E-state index contributed by atoms with van der Waals surface area (Å²) in [7, 11) is 6.16. The second-order valence-electron chi connectivity index (χ2n) is 7.50. The van der Waals surface area contributed by atoms with Crippen LogP contribution in [0.5, 0.6) is 11.6 Å². The van der Waals surface area contributed by atoms with Crippen molar-refractivity contribution in [3.63, 3.8) is 0 Å². The molecule has 0 fully saturated rings. The van der Waals surface area contributed by atoms with E-state index in [2.05, 4.69) is 20.1 Å². The molecule has 0 bridgehead atoms. The molecule has 0 aliphatic carbocycles. The molecule has 4 aromatic heterocycles. The van der Waals surface area contributed by atoms with Crippen molar-refractivity contribution in [3.05, 3.63) is 78.9 Å². The Morgan fingerprint density at radius 3 is 2.56 bits per heavy atom. The van der Waals surface area contributed by atoms with E-state index in [0.717, 1.165) is 16.8 Å². The van der Waals surface area contributed by atoms with Crippen LogP contribution in [0.3, 0.4) is 0 Å². The molecule has 1 aromatic carbocycles. The Balaban J connectivity index is 1.49. The number of pyridine rings is 2. The first-order chi connectivity index (χ1) is 16.5. The number of fused-ring (bicyclic) bond motifs is 1. The number of carboxylic acid groups (broad SMARTS) is 1. The van der Waals surface area contributed by atoms with Crippen molar-refractivity contribution in [2.24, 2.45) is 0 Å². The third-order valence-corrected chi connectivity index (χ3v) is 5.21. The molecule has 164 valence electrons. The Bertz CT molecular complexity index is 1490. The van der Waals surface area contributed by atoms with Crippen molar-refractivity contribution in [2.75, 3.05) is 5.73 Å². The lowest BCUT2D eigenvalue weighted by molar-refractivity contribution is -0.136. The lowest BCUT2D eigenvalue weighted by Crippen LogP contribution is -2.19. The monoisotopic (exact) mass is 448 g/mol. The van der Waals surface area contributed by atoms with Crippen LogP contribution in [0.25, 0.3) is 28.0 Å². The Hall–Kier alpha value is -4.73. The quantitative estimate of drug-likeness (QED) is 0.380. The van der Waals surface area contributed by atoms with Gasteiger partial charge in [0.25, 0.3) is 0 Å². The van der Waals surface area contributed by atoms with E-state index in [1.165, 1.54) is 4.52 Å². The van der Waals surface area contributed by atoms with E-state index in [9.17, 15) is 4.79 Å². The summed E-state index contributed by atoms with van der Waals surface area (Å²) in [6.07, 6.45) is 6.76. The fourth-order valence-electron chi connectivity index (χ4n) is 3.49. The highest BCUT2D eigenvalue weighted by molar-refractivity contribution is 6.37. The fraction of sp³-hybridized carbons (Fsp3) is 0.0417. The molecule has 0 atom stereocenters. The highest BCUT2D eigenvalue weighted by Crippen LogP contribution is 2.28. The number of nitrogens with two attached hydrogens (primary N) is 1. The van der Waals surface area contributed by atoms with Crippen molar-refractivity contribution >= 4 is 30.7 Å². The van der Waals surface area contributed by atoms with E-state index in [1.54, 1.807) is 49.1 Å². The van der Waals surface area contributed by atoms with Crippen molar-refractivity contribution in [2.45, 2.75) is 6.42 Å². The predicted octanol–water partition coefficient (Wildman–Crippen LogP) is 2.65. The molecule has 2 radical (unpaired) electrons. The third-order valence-electron chi connectivity index (χ3n) is 5.21. The maximum Gasteiger partial charge on any atom is 0.307 e. The van der Waals surface area contributed by atoms with Gasteiger partial charge in [-0.05, 0) is 35.9 Å². The Morgan fingerprint density at radius 1 is 1.06 bits per heavy atom. The van der Waals surface area contributed by atoms with E-state index in [1.807, 2.05) is 24.3 Å². The molecule has 0 unspecified atom stereocenters. The zero-order valence-corrected chi connectivity index (χ0v) is 17.8. The smallest absolute Gasteiger partial charge is 0.307 e. The topological polar surface area (TPSA) is 129 Å². The number of nitrogen functional groups attached to an aromatic ring is 1. The molecule has 0 aliphatic rings. The molecule has 3 N–H and O–H groups in total. The first-order valence-electron chi connectivity index (χ1n) is 10.3. The number of carbonyl (C=O) groups is 1. The van der Waals surface area contributed by atoms with Gasteiger partial charge in [0.1, 0.15) is 19.4 Å². The number of nitrogens with zero attached hydrogens (tertiary/aromatic N) is 5. The van der Waals surface area contributed by atoms with Crippen LogP contribution in [0.4, 0.5) is 5.82 Å². The largest absolute Gasteiger partial charge is 0.481 e. The molecule has 0 aliphatic heterocycles. The van der Waals surface area contributed by atoms with Gasteiger partial charge in [-0.25, -0.2) is 0 Å². The number of hydrogen-bond acceptors (Lipinski definition) is 7. The molecule has 9 nitrogen and oxygen atoms in total. The number of rotatable bonds is 6. The molecule has 5 rings (SSSR count). The summed E-state index contributed by atoms with van der Waals surface area (Å²) in [5.74, 6) is -0.152. The van der Waals surface area contributed by atoms with Gasteiger partial charge in [-0.1, -0.05) is 18.2 Å². The molecule has 10 heteroatoms. The predicted molar refractivity (Wildman–Crippen MR) is 127 cm³/mol. The fourth-order valence-corrected chi connectivity index (χ4v) is 3.49. The molecular weight excluding hydrogens is 431 g/mol. The second kappa shape index (κ2) is 8.66. The van der Waals surface area contributed by atoms with Crippen LogP contribution in [0, 0.1) is 0 Å². The molecule has 4 heterocycles. The average molecular weight is 448 g/mol. The normalized spacial score (nSPS) is 10.9. The van der Waals surface area contributed by atoms with E-state index in [0.29, 0.717) is 22.5 Å². The van der Waals surface area contributed by atoms with Gasteiger partial charge in [0.2, 0.25) is 5.88 Å². The van der Waals surface area contributed by atoms with Crippen LogP contribution in [0.1, 0.15) is 5.56 Å². The van der Waals surface area contributed by atoms with Gasteiger partial charge in [0, 0.05) is 40.7 Å². The molecule has 34 heavy (non-hydrogen) atoms. The molecule has 0 saturated carbocycles. The second-order valence-corrected chi connectivity index (χ2v) is 7.50.